The van der Waals surface area contributed by atoms with E-state index < -0.39 is 0 Å². The molecule has 0 spiro atoms. The lowest BCUT2D eigenvalue weighted by molar-refractivity contribution is 0.298. The van der Waals surface area contributed by atoms with Gasteiger partial charge in [0.05, 0.1) is 7.11 Å². The van der Waals surface area contributed by atoms with Gasteiger partial charge in [-0.2, -0.15) is 0 Å². The van der Waals surface area contributed by atoms with Crippen molar-refractivity contribution in [1.82, 2.24) is 0 Å². The summed E-state index contributed by atoms with van der Waals surface area (Å²) in [5.74, 6) is 1.52. The molecule has 20 heavy (non-hydrogen) atoms. The summed E-state index contributed by atoms with van der Waals surface area (Å²) in [4.78, 5) is 0. The Labute approximate surface area is 127 Å². The Morgan fingerprint density at radius 3 is 2.60 bits per heavy atom. The predicted octanol–water partition coefficient (Wildman–Crippen LogP) is 4.06. The Hall–Kier alpha value is -1.52. The van der Waals surface area contributed by atoms with Crippen molar-refractivity contribution in [3.05, 3.63) is 58.1 Å². The van der Waals surface area contributed by atoms with E-state index in [-0.39, 0.29) is 6.04 Å². The van der Waals surface area contributed by atoms with Gasteiger partial charge < -0.3 is 15.2 Å². The number of benzene rings is 2. The van der Waals surface area contributed by atoms with Gasteiger partial charge in [0.15, 0.2) is 0 Å². The van der Waals surface area contributed by atoms with Gasteiger partial charge in [0, 0.05) is 27.7 Å². The molecular weight excluding hydrogens is 318 g/mol. The summed E-state index contributed by atoms with van der Waals surface area (Å²) >= 11 is 3.52. The third kappa shape index (κ3) is 3.52. The molecule has 1 unspecified atom stereocenters. The zero-order valence-corrected chi connectivity index (χ0v) is 13.2. The summed E-state index contributed by atoms with van der Waals surface area (Å²) in [5.41, 5.74) is 8.03. The number of rotatable bonds is 5. The molecule has 2 aromatic carbocycles. The Balaban J connectivity index is 2.21. The van der Waals surface area contributed by atoms with Crippen molar-refractivity contribution in [2.24, 2.45) is 5.73 Å². The second kappa shape index (κ2) is 6.77. The molecule has 3 nitrogen and oxygen atoms in total. The van der Waals surface area contributed by atoms with E-state index in [2.05, 4.69) is 15.9 Å². The van der Waals surface area contributed by atoms with Gasteiger partial charge in [-0.1, -0.05) is 40.2 Å². The van der Waals surface area contributed by atoms with E-state index in [0.717, 1.165) is 27.1 Å². The van der Waals surface area contributed by atoms with Crippen LogP contribution < -0.4 is 15.2 Å². The van der Waals surface area contributed by atoms with Gasteiger partial charge in [-0.3, -0.25) is 0 Å². The van der Waals surface area contributed by atoms with Gasteiger partial charge in [0.25, 0.3) is 0 Å². The van der Waals surface area contributed by atoms with Crippen molar-refractivity contribution in [3.63, 3.8) is 0 Å². The number of hydrogen-bond acceptors (Lipinski definition) is 3. The summed E-state index contributed by atoms with van der Waals surface area (Å²) in [5, 5.41) is 0. The highest BCUT2D eigenvalue weighted by atomic mass is 79.9. The maximum absolute atomic E-state index is 5.97. The van der Waals surface area contributed by atoms with Crippen LogP contribution in [0.1, 0.15) is 24.1 Å². The largest absolute Gasteiger partial charge is 0.497 e. The van der Waals surface area contributed by atoms with Crippen LogP contribution in [0.2, 0.25) is 0 Å². The molecule has 0 aromatic heterocycles. The Bertz CT molecular complexity index is 584. The number of halogens is 1. The molecule has 0 aliphatic carbocycles. The van der Waals surface area contributed by atoms with Crippen LogP contribution in [0.5, 0.6) is 11.5 Å². The Morgan fingerprint density at radius 2 is 1.95 bits per heavy atom. The molecule has 2 N–H and O–H groups in total. The molecule has 0 saturated heterocycles. The van der Waals surface area contributed by atoms with Crippen LogP contribution in [-0.2, 0) is 6.61 Å². The molecule has 2 aromatic rings. The van der Waals surface area contributed by atoms with Gasteiger partial charge in [0.2, 0.25) is 0 Å². The monoisotopic (exact) mass is 335 g/mol. The lowest BCUT2D eigenvalue weighted by Crippen LogP contribution is -2.08. The standard InChI is InChI=1S/C16H18BrNO2/c1-11(18)14-8-7-13(19-2)9-16(14)20-10-12-5-3-4-6-15(12)17/h3-9,11H,10,18H2,1-2H3. The average Bonchev–Trinajstić information content (AvgIpc) is 2.46. The summed E-state index contributed by atoms with van der Waals surface area (Å²) in [7, 11) is 1.64. The minimum Gasteiger partial charge on any atom is -0.497 e. The van der Waals surface area contributed by atoms with E-state index in [0.29, 0.717) is 6.61 Å². The van der Waals surface area contributed by atoms with Gasteiger partial charge in [-0.25, -0.2) is 0 Å². The van der Waals surface area contributed by atoms with Crippen molar-refractivity contribution < 1.29 is 9.47 Å². The van der Waals surface area contributed by atoms with Gasteiger partial charge in [0.1, 0.15) is 18.1 Å². The molecule has 0 aliphatic rings. The van der Waals surface area contributed by atoms with E-state index in [1.165, 1.54) is 0 Å². The van der Waals surface area contributed by atoms with Crippen LogP contribution in [0, 0.1) is 0 Å². The smallest absolute Gasteiger partial charge is 0.128 e. The van der Waals surface area contributed by atoms with Crippen molar-refractivity contribution in [1.29, 1.82) is 0 Å². The van der Waals surface area contributed by atoms with Crippen LogP contribution in [0.3, 0.4) is 0 Å². The lowest BCUT2D eigenvalue weighted by Gasteiger charge is -2.15. The lowest BCUT2D eigenvalue weighted by atomic mass is 10.1. The maximum atomic E-state index is 5.97. The zero-order valence-electron chi connectivity index (χ0n) is 11.6. The number of hydrogen-bond donors (Lipinski definition) is 1. The number of ether oxygens (including phenoxy) is 2. The highest BCUT2D eigenvalue weighted by molar-refractivity contribution is 9.10. The third-order valence-electron chi connectivity index (χ3n) is 3.05. The summed E-state index contributed by atoms with van der Waals surface area (Å²) in [6, 6.07) is 13.6. The SMILES string of the molecule is COc1ccc(C(C)N)c(OCc2ccccc2Br)c1. The minimum atomic E-state index is -0.0879. The molecule has 106 valence electrons. The Morgan fingerprint density at radius 1 is 1.20 bits per heavy atom. The first-order valence-corrected chi connectivity index (χ1v) is 7.21. The molecule has 0 aliphatic heterocycles. The molecule has 0 amide bonds. The first kappa shape index (κ1) is 14.9. The fraction of sp³-hybridized carbons (Fsp3) is 0.250. The molecule has 0 heterocycles. The molecular formula is C16H18BrNO2. The van der Waals surface area contributed by atoms with Gasteiger partial charge >= 0.3 is 0 Å². The molecule has 4 heteroatoms. The summed E-state index contributed by atoms with van der Waals surface area (Å²) in [6.07, 6.45) is 0. The zero-order chi connectivity index (χ0) is 14.5. The summed E-state index contributed by atoms with van der Waals surface area (Å²) < 4.78 is 12.2. The van der Waals surface area contributed by atoms with Crippen LogP contribution >= 0.6 is 15.9 Å². The minimum absolute atomic E-state index is 0.0879. The van der Waals surface area contributed by atoms with Crippen molar-refractivity contribution in [2.75, 3.05) is 7.11 Å². The van der Waals surface area contributed by atoms with E-state index in [1.807, 2.05) is 49.4 Å². The first-order valence-electron chi connectivity index (χ1n) is 6.41. The van der Waals surface area contributed by atoms with Crippen LogP contribution in [0.15, 0.2) is 46.9 Å². The summed E-state index contributed by atoms with van der Waals surface area (Å²) in [6.45, 7) is 2.42. The molecule has 2 rings (SSSR count). The highest BCUT2D eigenvalue weighted by Gasteiger charge is 2.10. The molecule has 0 radical (unpaired) electrons. The quantitative estimate of drug-likeness (QED) is 0.896. The van der Waals surface area contributed by atoms with Gasteiger partial charge in [-0.05, 0) is 19.1 Å². The molecule has 1 atom stereocenters. The van der Waals surface area contributed by atoms with Gasteiger partial charge in [-0.15, -0.1) is 0 Å². The normalized spacial score (nSPS) is 12.0. The average molecular weight is 336 g/mol. The molecule has 0 fully saturated rings. The number of methoxy groups -OCH3 is 1. The van der Waals surface area contributed by atoms with Crippen LogP contribution in [0.25, 0.3) is 0 Å². The van der Waals surface area contributed by atoms with Crippen molar-refractivity contribution >= 4 is 15.9 Å². The van der Waals surface area contributed by atoms with E-state index >= 15 is 0 Å². The van der Waals surface area contributed by atoms with E-state index in [4.69, 9.17) is 15.2 Å². The molecule has 0 saturated carbocycles. The van der Waals surface area contributed by atoms with E-state index in [1.54, 1.807) is 7.11 Å². The second-order valence-electron chi connectivity index (χ2n) is 4.57. The number of nitrogens with two attached hydrogens (primary N) is 1. The highest BCUT2D eigenvalue weighted by Crippen LogP contribution is 2.29. The molecule has 0 bridgehead atoms. The Kier molecular flexibility index (Phi) is 5.04. The van der Waals surface area contributed by atoms with Crippen molar-refractivity contribution in [2.45, 2.75) is 19.6 Å². The second-order valence-corrected chi connectivity index (χ2v) is 5.43. The predicted molar refractivity (Wildman–Crippen MR) is 84.1 cm³/mol. The fourth-order valence-electron chi connectivity index (χ4n) is 1.91. The van der Waals surface area contributed by atoms with Crippen LogP contribution in [-0.4, -0.2) is 7.11 Å². The van der Waals surface area contributed by atoms with Crippen molar-refractivity contribution in [3.8, 4) is 11.5 Å². The third-order valence-corrected chi connectivity index (χ3v) is 3.83. The maximum Gasteiger partial charge on any atom is 0.128 e. The van der Waals surface area contributed by atoms with Crippen LogP contribution in [0.4, 0.5) is 0 Å². The topological polar surface area (TPSA) is 44.5 Å². The van der Waals surface area contributed by atoms with E-state index in [9.17, 15) is 0 Å². The first-order chi connectivity index (χ1) is 9.61. The fourth-order valence-corrected chi connectivity index (χ4v) is 2.31.